The van der Waals surface area contributed by atoms with E-state index in [-0.39, 0.29) is 16.2 Å². The second kappa shape index (κ2) is 5.56. The summed E-state index contributed by atoms with van der Waals surface area (Å²) < 4.78 is 27.5. The minimum Gasteiger partial charge on any atom is -0.376 e. The number of amides is 1. The molecule has 1 aliphatic rings. The molecular weight excluding hydrogens is 298 g/mol. The van der Waals surface area contributed by atoms with Gasteiger partial charge in [-0.3, -0.25) is 4.79 Å². The van der Waals surface area contributed by atoms with Gasteiger partial charge in [-0.05, 0) is 18.9 Å². The predicted molar refractivity (Wildman–Crippen MR) is 68.7 cm³/mol. The molecule has 0 spiro atoms. The van der Waals surface area contributed by atoms with E-state index in [2.05, 4.69) is 5.32 Å². The Morgan fingerprint density at radius 2 is 2.39 bits per heavy atom. The number of nitrogens with one attached hydrogen (secondary N) is 1. The molecule has 1 aromatic rings. The van der Waals surface area contributed by atoms with E-state index in [9.17, 15) is 13.2 Å². The number of carbonyl (C=O) groups is 1. The van der Waals surface area contributed by atoms with Gasteiger partial charge in [0.25, 0.3) is 15.0 Å². The summed E-state index contributed by atoms with van der Waals surface area (Å²) in [4.78, 5) is 11.7. The summed E-state index contributed by atoms with van der Waals surface area (Å²) in [6, 6.07) is 1.28. The Balaban J connectivity index is 1.94. The maximum absolute atomic E-state index is 11.7. The van der Waals surface area contributed by atoms with Gasteiger partial charge in [-0.15, -0.1) is 11.3 Å². The van der Waals surface area contributed by atoms with Crippen molar-refractivity contribution in [1.29, 1.82) is 0 Å². The first-order chi connectivity index (χ1) is 8.47. The third-order valence-corrected chi connectivity index (χ3v) is 5.63. The summed E-state index contributed by atoms with van der Waals surface area (Å²) in [5, 5.41) is 4.18. The van der Waals surface area contributed by atoms with Crippen molar-refractivity contribution in [2.24, 2.45) is 0 Å². The minimum atomic E-state index is -3.76. The van der Waals surface area contributed by atoms with Gasteiger partial charge in [-0.25, -0.2) is 8.42 Å². The van der Waals surface area contributed by atoms with Crippen molar-refractivity contribution in [3.63, 3.8) is 0 Å². The van der Waals surface area contributed by atoms with E-state index >= 15 is 0 Å². The summed E-state index contributed by atoms with van der Waals surface area (Å²) in [7, 11) is 1.43. The molecule has 0 aromatic carbocycles. The molecule has 1 unspecified atom stereocenters. The van der Waals surface area contributed by atoms with Crippen molar-refractivity contribution in [2.45, 2.75) is 23.2 Å². The molecule has 1 N–H and O–H groups in total. The number of ether oxygens (including phenoxy) is 1. The van der Waals surface area contributed by atoms with Gasteiger partial charge in [0.1, 0.15) is 4.21 Å². The Morgan fingerprint density at radius 1 is 1.61 bits per heavy atom. The number of hydrogen-bond acceptors (Lipinski definition) is 5. The third kappa shape index (κ3) is 3.44. The summed E-state index contributed by atoms with van der Waals surface area (Å²) >= 11 is 0.931. The molecule has 1 aliphatic heterocycles. The van der Waals surface area contributed by atoms with Crippen LogP contribution in [-0.2, 0) is 13.8 Å². The summed E-state index contributed by atoms with van der Waals surface area (Å²) in [5.74, 6) is -0.312. The molecular formula is C10H12ClNO4S2. The molecule has 0 saturated carbocycles. The van der Waals surface area contributed by atoms with Crippen LogP contribution in [0.25, 0.3) is 0 Å². The topological polar surface area (TPSA) is 72.5 Å². The van der Waals surface area contributed by atoms with Crippen molar-refractivity contribution >= 4 is 37.0 Å². The standard InChI is InChI=1S/C10H12ClNO4S2/c11-18(14,15)9-4-7(6-17-9)10(13)12-5-8-2-1-3-16-8/h4,6,8H,1-3,5H2,(H,12,13). The van der Waals surface area contributed by atoms with Gasteiger partial charge in [0.05, 0.1) is 11.7 Å². The fourth-order valence-electron chi connectivity index (χ4n) is 1.68. The summed E-state index contributed by atoms with van der Waals surface area (Å²) in [6.07, 6.45) is 2.00. The van der Waals surface area contributed by atoms with Gasteiger partial charge < -0.3 is 10.1 Å². The minimum absolute atomic E-state index is 0.0218. The maximum Gasteiger partial charge on any atom is 0.270 e. The molecule has 1 amide bonds. The van der Waals surface area contributed by atoms with E-state index in [1.54, 1.807) is 0 Å². The molecule has 0 aliphatic carbocycles. The number of thiophene rings is 1. The van der Waals surface area contributed by atoms with Crippen LogP contribution in [0.2, 0.25) is 0 Å². The lowest BCUT2D eigenvalue weighted by Crippen LogP contribution is -2.31. The maximum atomic E-state index is 11.7. The van der Waals surface area contributed by atoms with E-state index < -0.39 is 9.05 Å². The van der Waals surface area contributed by atoms with Crippen molar-refractivity contribution in [1.82, 2.24) is 5.32 Å². The van der Waals surface area contributed by atoms with Gasteiger partial charge in [-0.2, -0.15) is 0 Å². The van der Waals surface area contributed by atoms with Gasteiger partial charge in [0.15, 0.2) is 0 Å². The molecule has 100 valence electrons. The Morgan fingerprint density at radius 3 is 2.94 bits per heavy atom. The number of halogens is 1. The lowest BCUT2D eigenvalue weighted by atomic mass is 10.2. The highest BCUT2D eigenvalue weighted by molar-refractivity contribution is 8.15. The van der Waals surface area contributed by atoms with Crippen LogP contribution in [0.15, 0.2) is 15.7 Å². The molecule has 2 rings (SSSR count). The van der Waals surface area contributed by atoms with Gasteiger partial charge in [0.2, 0.25) is 0 Å². The SMILES string of the molecule is O=C(NCC1CCCO1)c1csc(S(=O)(=O)Cl)c1. The van der Waals surface area contributed by atoms with Gasteiger partial charge in [-0.1, -0.05) is 0 Å². The smallest absolute Gasteiger partial charge is 0.270 e. The molecule has 2 heterocycles. The highest BCUT2D eigenvalue weighted by Gasteiger charge is 2.19. The third-order valence-electron chi connectivity index (χ3n) is 2.59. The van der Waals surface area contributed by atoms with Crippen molar-refractivity contribution in [2.75, 3.05) is 13.2 Å². The van der Waals surface area contributed by atoms with E-state index in [4.69, 9.17) is 15.4 Å². The molecule has 0 radical (unpaired) electrons. The second-order valence-corrected chi connectivity index (χ2v) is 7.64. The fourth-order valence-corrected chi connectivity index (χ4v) is 3.62. The first kappa shape index (κ1) is 13.8. The first-order valence-electron chi connectivity index (χ1n) is 5.40. The number of hydrogen-bond donors (Lipinski definition) is 1. The zero-order valence-corrected chi connectivity index (χ0v) is 11.8. The molecule has 5 nitrogen and oxygen atoms in total. The highest BCUT2D eigenvalue weighted by atomic mass is 35.7. The lowest BCUT2D eigenvalue weighted by molar-refractivity contribution is 0.0858. The lowest BCUT2D eigenvalue weighted by Gasteiger charge is -2.09. The number of rotatable bonds is 4. The summed E-state index contributed by atoms with van der Waals surface area (Å²) in [5.41, 5.74) is 0.303. The Bertz CT molecular complexity index is 534. The second-order valence-electron chi connectivity index (χ2n) is 3.94. The highest BCUT2D eigenvalue weighted by Crippen LogP contribution is 2.23. The van der Waals surface area contributed by atoms with E-state index in [1.165, 1.54) is 11.4 Å². The van der Waals surface area contributed by atoms with Crippen LogP contribution in [0, 0.1) is 0 Å². The number of carbonyl (C=O) groups excluding carboxylic acids is 1. The van der Waals surface area contributed by atoms with Crippen LogP contribution in [0.1, 0.15) is 23.2 Å². The molecule has 1 fully saturated rings. The van der Waals surface area contributed by atoms with E-state index in [0.29, 0.717) is 12.1 Å². The monoisotopic (exact) mass is 309 g/mol. The zero-order chi connectivity index (χ0) is 13.2. The Hall–Kier alpha value is -0.630. The molecule has 8 heteroatoms. The van der Waals surface area contributed by atoms with Crippen LogP contribution in [0.5, 0.6) is 0 Å². The van der Waals surface area contributed by atoms with E-state index in [0.717, 1.165) is 30.8 Å². The predicted octanol–water partition coefficient (Wildman–Crippen LogP) is 1.58. The molecule has 18 heavy (non-hydrogen) atoms. The van der Waals surface area contributed by atoms with Gasteiger partial charge >= 0.3 is 0 Å². The van der Waals surface area contributed by atoms with Crippen LogP contribution in [-0.4, -0.2) is 33.6 Å². The van der Waals surface area contributed by atoms with Crippen LogP contribution >= 0.6 is 22.0 Å². The van der Waals surface area contributed by atoms with Crippen molar-refractivity contribution in [3.8, 4) is 0 Å². The Labute approximate surface area is 114 Å². The molecule has 1 saturated heterocycles. The van der Waals surface area contributed by atoms with E-state index in [1.807, 2.05) is 0 Å². The van der Waals surface area contributed by atoms with Crippen molar-refractivity contribution < 1.29 is 17.9 Å². The zero-order valence-electron chi connectivity index (χ0n) is 9.39. The average molecular weight is 310 g/mol. The molecule has 1 aromatic heterocycles. The van der Waals surface area contributed by atoms with Crippen LogP contribution in [0.3, 0.4) is 0 Å². The first-order valence-corrected chi connectivity index (χ1v) is 8.59. The van der Waals surface area contributed by atoms with Gasteiger partial charge in [0, 0.05) is 29.2 Å². The molecule has 0 bridgehead atoms. The van der Waals surface area contributed by atoms with Crippen LogP contribution in [0.4, 0.5) is 0 Å². The largest absolute Gasteiger partial charge is 0.376 e. The molecule has 1 atom stereocenters. The Kier molecular flexibility index (Phi) is 4.26. The van der Waals surface area contributed by atoms with Crippen molar-refractivity contribution in [3.05, 3.63) is 17.0 Å². The fraction of sp³-hybridized carbons (Fsp3) is 0.500. The summed E-state index contributed by atoms with van der Waals surface area (Å²) in [6.45, 7) is 1.17. The average Bonchev–Trinajstić information content (AvgIpc) is 2.96. The van der Waals surface area contributed by atoms with Crippen LogP contribution < -0.4 is 5.32 Å². The normalized spacial score (nSPS) is 19.9. The quantitative estimate of drug-likeness (QED) is 0.857.